The Morgan fingerprint density at radius 1 is 1.15 bits per heavy atom. The lowest BCUT2D eigenvalue weighted by atomic mass is 9.92. The molecule has 0 radical (unpaired) electrons. The lowest BCUT2D eigenvalue weighted by molar-refractivity contribution is 0.466. The fourth-order valence-electron chi connectivity index (χ4n) is 5.39. The van der Waals surface area contributed by atoms with Crippen molar-refractivity contribution in [3.8, 4) is 22.9 Å². The predicted molar refractivity (Wildman–Crippen MR) is 159 cm³/mol. The molecule has 3 unspecified atom stereocenters. The van der Waals surface area contributed by atoms with Crippen LogP contribution >= 0.6 is 0 Å². The van der Waals surface area contributed by atoms with Gasteiger partial charge in [0.2, 0.25) is 21.9 Å². The topological polar surface area (TPSA) is 132 Å². The van der Waals surface area contributed by atoms with Gasteiger partial charge in [0.15, 0.2) is 0 Å². The number of nitrogens with zero attached hydrogens (tertiary/aromatic N) is 3. The molecule has 4 aromatic rings. The molecule has 3 atom stereocenters. The van der Waals surface area contributed by atoms with Crippen molar-refractivity contribution in [3.05, 3.63) is 71.8 Å². The van der Waals surface area contributed by atoms with E-state index in [0.717, 1.165) is 31.5 Å². The van der Waals surface area contributed by atoms with Crippen molar-refractivity contribution in [3.63, 3.8) is 0 Å². The molecule has 11 heteroatoms. The summed E-state index contributed by atoms with van der Waals surface area (Å²) in [6.07, 6.45) is 5.95. The van der Waals surface area contributed by atoms with E-state index < -0.39 is 27.0 Å². The van der Waals surface area contributed by atoms with E-state index in [1.165, 1.54) is 6.07 Å². The molecule has 216 valence electrons. The number of nitrogens with two attached hydrogens (primary N) is 1. The monoisotopic (exact) mass is 578 g/mol. The van der Waals surface area contributed by atoms with Crippen molar-refractivity contribution in [1.82, 2.24) is 20.3 Å². The summed E-state index contributed by atoms with van der Waals surface area (Å²) in [5.41, 5.74) is 2.11. The van der Waals surface area contributed by atoms with Crippen molar-refractivity contribution in [2.75, 3.05) is 18.4 Å². The van der Waals surface area contributed by atoms with Crippen molar-refractivity contribution in [2.45, 2.75) is 51.3 Å². The molecule has 1 aliphatic heterocycles. The Morgan fingerprint density at radius 3 is 2.68 bits per heavy atom. The van der Waals surface area contributed by atoms with Crippen LogP contribution in [0.2, 0.25) is 0 Å². The zero-order valence-corrected chi connectivity index (χ0v) is 24.2. The minimum absolute atomic E-state index is 0.0502. The van der Waals surface area contributed by atoms with Gasteiger partial charge in [-0.15, -0.1) is 0 Å². The van der Waals surface area contributed by atoms with Crippen molar-refractivity contribution in [2.24, 2.45) is 11.1 Å². The van der Waals surface area contributed by atoms with Gasteiger partial charge in [0.25, 0.3) is 0 Å². The molecule has 1 saturated heterocycles. The number of hydrogen-bond acceptors (Lipinski definition) is 8. The number of pyridine rings is 1. The highest BCUT2D eigenvalue weighted by molar-refractivity contribution is 7.89. The number of aryl methyl sites for hydroxylation is 1. The number of piperidine rings is 1. The minimum Gasteiger partial charge on any atom is -0.437 e. The average molecular weight is 579 g/mol. The zero-order valence-electron chi connectivity index (χ0n) is 23.4. The number of nitrogens with one attached hydrogen (secondary N) is 2. The Balaban J connectivity index is 1.57. The predicted octanol–water partition coefficient (Wildman–Crippen LogP) is 5.47. The normalized spacial score (nSPS) is 17.2. The van der Waals surface area contributed by atoms with Gasteiger partial charge >= 0.3 is 0 Å². The van der Waals surface area contributed by atoms with Gasteiger partial charge in [-0.2, -0.15) is 0 Å². The van der Waals surface area contributed by atoms with Crippen molar-refractivity contribution >= 4 is 26.7 Å². The van der Waals surface area contributed by atoms with Gasteiger partial charge in [-0.25, -0.2) is 32.9 Å². The summed E-state index contributed by atoms with van der Waals surface area (Å²) in [6, 6.07) is 12.1. The molecule has 5 rings (SSSR count). The minimum atomic E-state index is -4.10. The Kier molecular flexibility index (Phi) is 8.48. The van der Waals surface area contributed by atoms with Crippen LogP contribution in [0.1, 0.15) is 49.5 Å². The van der Waals surface area contributed by atoms with Crippen LogP contribution < -0.4 is 20.5 Å². The number of fused-ring (bicyclic) bond motifs is 1. The fraction of sp³-hybridized carbons (Fsp3) is 0.367. The van der Waals surface area contributed by atoms with E-state index in [4.69, 9.17) is 14.9 Å². The number of ether oxygens (including phenoxy) is 1. The number of benzene rings is 2. The maximum atomic E-state index is 15.3. The number of anilines is 1. The number of aromatic nitrogens is 3. The van der Waals surface area contributed by atoms with Crippen LogP contribution in [0.3, 0.4) is 0 Å². The van der Waals surface area contributed by atoms with Gasteiger partial charge in [0.1, 0.15) is 16.8 Å². The number of primary sulfonamides is 1. The van der Waals surface area contributed by atoms with Crippen LogP contribution in [0.5, 0.6) is 11.6 Å². The molecule has 4 N–H and O–H groups in total. The molecule has 9 nitrogen and oxygen atoms in total. The highest BCUT2D eigenvalue weighted by Gasteiger charge is 2.33. The first-order chi connectivity index (χ1) is 19.7. The lowest BCUT2D eigenvalue weighted by Gasteiger charge is -2.24. The van der Waals surface area contributed by atoms with Gasteiger partial charge in [0.05, 0.1) is 11.3 Å². The first-order valence-electron chi connectivity index (χ1n) is 13.8. The summed E-state index contributed by atoms with van der Waals surface area (Å²) in [5.74, 6) is 0.249. The molecule has 2 aromatic carbocycles. The van der Waals surface area contributed by atoms with Gasteiger partial charge < -0.3 is 15.4 Å². The number of rotatable bonds is 9. The second-order valence-electron chi connectivity index (χ2n) is 10.6. The second-order valence-corrected chi connectivity index (χ2v) is 12.3. The van der Waals surface area contributed by atoms with E-state index >= 15 is 4.39 Å². The van der Waals surface area contributed by atoms with E-state index in [0.29, 0.717) is 46.0 Å². The van der Waals surface area contributed by atoms with Crippen LogP contribution in [0, 0.1) is 18.7 Å². The van der Waals surface area contributed by atoms with Crippen molar-refractivity contribution in [1.29, 1.82) is 0 Å². The molecule has 1 aliphatic rings. The van der Waals surface area contributed by atoms with Crippen LogP contribution in [-0.4, -0.2) is 42.5 Å². The molecule has 0 bridgehead atoms. The summed E-state index contributed by atoms with van der Waals surface area (Å²) in [6.45, 7) is 7.35. The lowest BCUT2D eigenvalue weighted by Crippen LogP contribution is -2.38. The Morgan fingerprint density at radius 2 is 1.95 bits per heavy atom. The second kappa shape index (κ2) is 12.1. The zero-order chi connectivity index (χ0) is 29.1. The van der Waals surface area contributed by atoms with Crippen LogP contribution in [-0.2, 0) is 10.0 Å². The molecule has 1 fully saturated rings. The molecule has 3 heterocycles. The third-order valence-corrected chi connectivity index (χ3v) is 9.08. The van der Waals surface area contributed by atoms with Crippen LogP contribution in [0.25, 0.3) is 22.0 Å². The maximum absolute atomic E-state index is 15.3. The van der Waals surface area contributed by atoms with E-state index in [1.54, 1.807) is 49.6 Å². The van der Waals surface area contributed by atoms with E-state index in [-0.39, 0.29) is 11.6 Å². The molecule has 0 spiro atoms. The van der Waals surface area contributed by atoms with Gasteiger partial charge in [-0.1, -0.05) is 32.4 Å². The average Bonchev–Trinajstić information content (AvgIpc) is 2.96. The fourth-order valence-corrected chi connectivity index (χ4v) is 6.80. The molecular weight excluding hydrogens is 543 g/mol. The first kappa shape index (κ1) is 28.8. The molecule has 0 saturated carbocycles. The maximum Gasteiger partial charge on any atom is 0.228 e. The highest BCUT2D eigenvalue weighted by Crippen LogP contribution is 2.42. The number of hydrogen-bond donors (Lipinski definition) is 3. The summed E-state index contributed by atoms with van der Waals surface area (Å²) in [5, 5.41) is 12.2. The Bertz CT molecular complexity index is 1660. The van der Waals surface area contributed by atoms with E-state index in [2.05, 4.69) is 20.6 Å². The number of halogens is 1. The van der Waals surface area contributed by atoms with Gasteiger partial charge in [-0.3, -0.25) is 0 Å². The molecular formula is C30H35FN6O3S. The third-order valence-electron chi connectivity index (χ3n) is 7.67. The molecule has 0 aliphatic carbocycles. The van der Waals surface area contributed by atoms with E-state index in [1.807, 2.05) is 19.9 Å². The summed E-state index contributed by atoms with van der Waals surface area (Å²) >= 11 is 0. The van der Waals surface area contributed by atoms with Gasteiger partial charge in [0, 0.05) is 35.9 Å². The third kappa shape index (κ3) is 6.17. The van der Waals surface area contributed by atoms with Crippen LogP contribution in [0.4, 0.5) is 10.3 Å². The SMILES string of the molecule is CCC(C)C(c1c(F)ccc2c(Oc3ncccc3-c3ccnc(NC4CCCNC4)n3)c(C)ccc12)S(N)(=O)=O. The van der Waals surface area contributed by atoms with E-state index in [9.17, 15) is 8.42 Å². The summed E-state index contributed by atoms with van der Waals surface area (Å²) < 4.78 is 47.1. The highest BCUT2D eigenvalue weighted by atomic mass is 32.2. The molecule has 0 amide bonds. The molecule has 41 heavy (non-hydrogen) atoms. The summed E-state index contributed by atoms with van der Waals surface area (Å²) in [7, 11) is -4.10. The number of sulfonamides is 1. The smallest absolute Gasteiger partial charge is 0.228 e. The molecule has 2 aromatic heterocycles. The first-order valence-corrected chi connectivity index (χ1v) is 15.4. The summed E-state index contributed by atoms with van der Waals surface area (Å²) in [4.78, 5) is 13.6. The quantitative estimate of drug-likeness (QED) is 0.238. The largest absolute Gasteiger partial charge is 0.437 e. The Labute approximate surface area is 239 Å². The van der Waals surface area contributed by atoms with Gasteiger partial charge in [-0.05, 0) is 73.5 Å². The Hall–Kier alpha value is -3.67. The van der Waals surface area contributed by atoms with Crippen LogP contribution in [0.15, 0.2) is 54.9 Å². The van der Waals surface area contributed by atoms with Crippen molar-refractivity contribution < 1.29 is 17.5 Å². The standard InChI is InChI=1S/C30H35FN6O3S/c1-4-18(2)28(41(32,38)39)26-21-10-9-19(3)27(22(21)11-12-24(26)31)40-29-23(8-6-15-34-29)25-13-16-35-30(37-25)36-20-7-5-14-33-17-20/h6,8-13,15-16,18,20,28,33H,4-5,7,14,17H2,1-3H3,(H2,32,38,39)(H,35,36,37).